The smallest absolute Gasteiger partial charge is 0.335 e. The molecular formula is C19H21NO4S. The third kappa shape index (κ3) is 2.13. The molecule has 0 bridgehead atoms. The molecule has 1 fully saturated rings. The Labute approximate surface area is 147 Å². The molecule has 0 spiro atoms. The maximum absolute atomic E-state index is 13.3. The van der Waals surface area contributed by atoms with Gasteiger partial charge in [0.2, 0.25) is 0 Å². The van der Waals surface area contributed by atoms with Gasteiger partial charge in [0, 0.05) is 5.92 Å². The van der Waals surface area contributed by atoms with Crippen LogP contribution < -0.4 is 4.31 Å². The van der Waals surface area contributed by atoms with Crippen molar-refractivity contribution in [1.29, 1.82) is 0 Å². The van der Waals surface area contributed by atoms with Crippen molar-refractivity contribution >= 4 is 21.7 Å². The van der Waals surface area contributed by atoms with Crippen LogP contribution in [0.1, 0.15) is 43.1 Å². The second-order valence-corrected chi connectivity index (χ2v) is 9.61. The summed E-state index contributed by atoms with van der Waals surface area (Å²) in [5, 5.41) is 9.23. The molecule has 4 rings (SSSR count). The van der Waals surface area contributed by atoms with E-state index < -0.39 is 16.0 Å². The van der Waals surface area contributed by atoms with Gasteiger partial charge in [-0.15, -0.1) is 0 Å². The fourth-order valence-electron chi connectivity index (χ4n) is 4.41. The summed E-state index contributed by atoms with van der Waals surface area (Å²) in [5.41, 5.74) is 2.52. The predicted molar refractivity (Wildman–Crippen MR) is 96.0 cm³/mol. The van der Waals surface area contributed by atoms with Crippen LogP contribution in [0, 0.1) is 11.3 Å². The van der Waals surface area contributed by atoms with E-state index in [-0.39, 0.29) is 22.9 Å². The van der Waals surface area contributed by atoms with Crippen molar-refractivity contribution < 1.29 is 18.3 Å². The zero-order valence-electron chi connectivity index (χ0n) is 14.5. The molecule has 5 nitrogen and oxygen atoms in total. The number of benzene rings is 1. The van der Waals surface area contributed by atoms with Crippen LogP contribution in [-0.4, -0.2) is 25.5 Å². The highest BCUT2D eigenvalue weighted by molar-refractivity contribution is 7.96. The standard InChI is InChI=1S/C19H21NO4S/c1-11-4-7-16-14(8-11)19(2,3)17-10-13-9-12(18(21)22)5-6-15(13)20(17)25(16,23)24/h5-9,14,17H,4,10H2,1-3H3,(H,21,22). The number of nitrogens with zero attached hydrogens (tertiary/aromatic N) is 1. The molecule has 2 aliphatic heterocycles. The number of rotatable bonds is 1. The molecule has 0 amide bonds. The van der Waals surface area contributed by atoms with E-state index in [0.29, 0.717) is 23.4 Å². The van der Waals surface area contributed by atoms with E-state index in [9.17, 15) is 18.3 Å². The number of sulfonamides is 1. The molecule has 1 N–H and O–H groups in total. The molecule has 6 heteroatoms. The second kappa shape index (κ2) is 4.97. The van der Waals surface area contributed by atoms with Gasteiger partial charge in [0.05, 0.1) is 22.2 Å². The van der Waals surface area contributed by atoms with Crippen LogP contribution in [0.25, 0.3) is 0 Å². The molecule has 3 aliphatic rings. The van der Waals surface area contributed by atoms with Crippen molar-refractivity contribution in [2.75, 3.05) is 4.31 Å². The summed E-state index contributed by atoms with van der Waals surface area (Å²) in [6.07, 6.45) is 5.14. The SMILES string of the molecule is CC1=CC2C(=CC1)S(=O)(=O)N1c3ccc(C(=O)O)cc3CC1C2(C)C. The molecule has 0 radical (unpaired) electrons. The van der Waals surface area contributed by atoms with Crippen molar-refractivity contribution in [2.45, 2.75) is 39.7 Å². The number of hydrogen-bond donors (Lipinski definition) is 1. The first-order chi connectivity index (χ1) is 11.6. The van der Waals surface area contributed by atoms with E-state index in [1.807, 2.05) is 13.0 Å². The lowest BCUT2D eigenvalue weighted by molar-refractivity contribution is 0.0697. The fraction of sp³-hybridized carbons (Fsp3) is 0.421. The van der Waals surface area contributed by atoms with Gasteiger partial charge < -0.3 is 5.11 Å². The zero-order valence-corrected chi connectivity index (χ0v) is 15.3. The number of carboxylic acid groups (broad SMARTS) is 1. The first-order valence-electron chi connectivity index (χ1n) is 8.42. The minimum atomic E-state index is -3.60. The lowest BCUT2D eigenvalue weighted by Gasteiger charge is -2.49. The highest BCUT2D eigenvalue weighted by Gasteiger charge is 2.56. The minimum Gasteiger partial charge on any atom is -0.478 e. The van der Waals surface area contributed by atoms with Crippen LogP contribution in [0.4, 0.5) is 5.69 Å². The molecule has 0 saturated carbocycles. The van der Waals surface area contributed by atoms with Crippen LogP contribution in [0.5, 0.6) is 0 Å². The van der Waals surface area contributed by atoms with Crippen molar-refractivity contribution in [3.8, 4) is 0 Å². The number of hydrogen-bond acceptors (Lipinski definition) is 3. The molecule has 0 aromatic heterocycles. The third-order valence-electron chi connectivity index (χ3n) is 5.86. The summed E-state index contributed by atoms with van der Waals surface area (Å²) in [6, 6.07) is 4.52. The van der Waals surface area contributed by atoms with Gasteiger partial charge in [-0.05, 0) is 48.9 Å². The molecule has 2 unspecified atom stereocenters. The first kappa shape index (κ1) is 16.4. The Hall–Kier alpha value is -2.08. The summed E-state index contributed by atoms with van der Waals surface area (Å²) >= 11 is 0. The molecule has 1 aliphatic carbocycles. The van der Waals surface area contributed by atoms with E-state index in [1.165, 1.54) is 15.9 Å². The molecule has 25 heavy (non-hydrogen) atoms. The maximum atomic E-state index is 13.3. The zero-order chi connectivity index (χ0) is 18.1. The van der Waals surface area contributed by atoms with E-state index in [2.05, 4.69) is 19.9 Å². The predicted octanol–water partition coefficient (Wildman–Crippen LogP) is 3.34. The van der Waals surface area contributed by atoms with Crippen molar-refractivity contribution in [2.24, 2.45) is 11.3 Å². The van der Waals surface area contributed by atoms with E-state index in [1.54, 1.807) is 12.1 Å². The number of anilines is 1. The van der Waals surface area contributed by atoms with Crippen molar-refractivity contribution in [3.05, 3.63) is 52.0 Å². The fourth-order valence-corrected chi connectivity index (χ4v) is 6.74. The highest BCUT2D eigenvalue weighted by atomic mass is 32.2. The van der Waals surface area contributed by atoms with E-state index in [0.717, 1.165) is 5.56 Å². The Balaban J connectivity index is 1.91. The van der Waals surface area contributed by atoms with E-state index in [4.69, 9.17) is 0 Å². The average Bonchev–Trinajstić information content (AvgIpc) is 2.93. The monoisotopic (exact) mass is 359 g/mol. The Morgan fingerprint density at radius 2 is 2.04 bits per heavy atom. The Morgan fingerprint density at radius 1 is 1.32 bits per heavy atom. The molecule has 2 atom stereocenters. The van der Waals surface area contributed by atoms with Crippen LogP contribution >= 0.6 is 0 Å². The van der Waals surface area contributed by atoms with Gasteiger partial charge in [-0.1, -0.05) is 31.6 Å². The lowest BCUT2D eigenvalue weighted by Crippen LogP contribution is -2.56. The normalized spacial score (nSPS) is 28.4. The Kier molecular flexibility index (Phi) is 3.26. The maximum Gasteiger partial charge on any atom is 0.335 e. The Morgan fingerprint density at radius 3 is 2.72 bits per heavy atom. The van der Waals surface area contributed by atoms with Gasteiger partial charge in [-0.3, -0.25) is 4.31 Å². The number of carbonyl (C=O) groups is 1. The second-order valence-electron chi connectivity index (χ2n) is 7.79. The van der Waals surface area contributed by atoms with Gasteiger partial charge in [-0.2, -0.15) is 0 Å². The summed E-state index contributed by atoms with van der Waals surface area (Å²) in [6.45, 7) is 6.25. The molecule has 1 aromatic rings. The summed E-state index contributed by atoms with van der Waals surface area (Å²) < 4.78 is 28.2. The van der Waals surface area contributed by atoms with Crippen molar-refractivity contribution in [1.82, 2.24) is 0 Å². The molecule has 2 heterocycles. The average molecular weight is 359 g/mol. The van der Waals surface area contributed by atoms with Crippen LogP contribution in [0.3, 0.4) is 0 Å². The van der Waals surface area contributed by atoms with Crippen LogP contribution in [0.2, 0.25) is 0 Å². The summed E-state index contributed by atoms with van der Waals surface area (Å²) in [4.78, 5) is 11.7. The number of allylic oxidation sites excluding steroid dienone is 4. The topological polar surface area (TPSA) is 74.7 Å². The number of fused-ring (bicyclic) bond motifs is 4. The number of carboxylic acids is 1. The first-order valence-corrected chi connectivity index (χ1v) is 9.86. The molecule has 132 valence electrons. The van der Waals surface area contributed by atoms with Gasteiger partial charge in [-0.25, -0.2) is 13.2 Å². The van der Waals surface area contributed by atoms with Crippen LogP contribution in [-0.2, 0) is 16.4 Å². The largest absolute Gasteiger partial charge is 0.478 e. The lowest BCUT2D eigenvalue weighted by atomic mass is 9.69. The molecular weight excluding hydrogens is 338 g/mol. The molecule has 1 saturated heterocycles. The van der Waals surface area contributed by atoms with E-state index >= 15 is 0 Å². The molecule has 1 aromatic carbocycles. The highest BCUT2D eigenvalue weighted by Crippen LogP contribution is 2.55. The summed E-state index contributed by atoms with van der Waals surface area (Å²) in [5.74, 6) is -1.13. The van der Waals surface area contributed by atoms with Crippen molar-refractivity contribution in [3.63, 3.8) is 0 Å². The minimum absolute atomic E-state index is 0.138. The quantitative estimate of drug-likeness (QED) is 0.781. The van der Waals surface area contributed by atoms with Gasteiger partial charge >= 0.3 is 5.97 Å². The van der Waals surface area contributed by atoms with Crippen LogP contribution in [0.15, 0.2) is 40.8 Å². The number of aromatic carboxylic acids is 1. The summed E-state index contributed by atoms with van der Waals surface area (Å²) in [7, 11) is -3.60. The Bertz CT molecular complexity index is 956. The van der Waals surface area contributed by atoms with Gasteiger partial charge in [0.1, 0.15) is 0 Å². The van der Waals surface area contributed by atoms with Gasteiger partial charge in [0.25, 0.3) is 10.0 Å². The van der Waals surface area contributed by atoms with Gasteiger partial charge in [0.15, 0.2) is 0 Å². The third-order valence-corrected chi connectivity index (χ3v) is 7.85.